The Balaban J connectivity index is 1.58. The van der Waals surface area contributed by atoms with Gasteiger partial charge in [0.05, 0.1) is 80.2 Å². The van der Waals surface area contributed by atoms with E-state index in [0.717, 1.165) is 96.4 Å². The highest BCUT2D eigenvalue weighted by atomic mass is 16.5. The number of nitrogens with one attached hydrogen (secondary N) is 12. The van der Waals surface area contributed by atoms with Crippen LogP contribution in [-0.2, 0) is 89.5 Å². The summed E-state index contributed by atoms with van der Waals surface area (Å²) in [5.74, 6) is -18.8. The van der Waals surface area contributed by atoms with Gasteiger partial charge in [0, 0.05) is 44.2 Å². The zero-order valence-electron chi connectivity index (χ0n) is 68.7. The number of aromatic hydroxyl groups is 1. The van der Waals surface area contributed by atoms with Crippen LogP contribution in [0.25, 0.3) is 0 Å². The fraction of sp³-hybridized carbons (Fsp3) is 0.688. The van der Waals surface area contributed by atoms with Gasteiger partial charge in [0.2, 0.25) is 82.7 Å². The third-order valence-electron chi connectivity index (χ3n) is 20.7. The van der Waals surface area contributed by atoms with Crippen molar-refractivity contribution >= 4 is 94.4 Å². The molecule has 2 aromatic rings. The number of esters is 1. The van der Waals surface area contributed by atoms with E-state index < -0.39 is 267 Å². The number of unbranched alkanes of at least 4 members (excludes halogenated alkanes) is 10. The summed E-state index contributed by atoms with van der Waals surface area (Å²) in [6.07, 6.45) is -4.04. The van der Waals surface area contributed by atoms with E-state index in [2.05, 4.69) is 75.4 Å². The number of aliphatic hydroxyl groups excluding tert-OH is 7. The van der Waals surface area contributed by atoms with Crippen LogP contribution in [0.2, 0.25) is 0 Å². The molecule has 4 heterocycles. The number of amides is 14. The maximum Gasteiger partial charge on any atom is 0.328 e. The zero-order valence-corrected chi connectivity index (χ0v) is 68.7. The normalized spacial score (nSPS) is 26.9. The van der Waals surface area contributed by atoms with Crippen molar-refractivity contribution in [1.29, 1.82) is 0 Å². The van der Waals surface area contributed by atoms with Crippen LogP contribution in [0, 0.1) is 5.92 Å². The van der Waals surface area contributed by atoms with E-state index in [4.69, 9.17) is 21.9 Å². The van der Waals surface area contributed by atoms with Crippen LogP contribution in [0.1, 0.15) is 182 Å². The van der Waals surface area contributed by atoms with Crippen LogP contribution in [0.3, 0.4) is 0 Å². The molecule has 3 aliphatic heterocycles. The monoisotopic (exact) mass is 1680 g/mol. The first-order chi connectivity index (χ1) is 56.2. The molecule has 42 heteroatoms. The van der Waals surface area contributed by atoms with Crippen molar-refractivity contribution in [2.45, 2.75) is 305 Å². The topological polar surface area (TPSA) is 673 Å². The second-order valence-corrected chi connectivity index (χ2v) is 31.2. The molecule has 1 aromatic carbocycles. The number of H-pyrrole nitrogens is 1. The Kier molecular flexibility index (Phi) is 40.8. The number of rotatable bonds is 29. The molecule has 0 bridgehead atoms. The molecule has 5 rings (SSSR count). The van der Waals surface area contributed by atoms with Gasteiger partial charge >= 0.3 is 5.97 Å². The summed E-state index contributed by atoms with van der Waals surface area (Å²) in [5.41, 5.74) is 17.8. The standard InChI is InChI=1S/C77H124N18O24/c1-9-10-11-12-13-14-15-16-17-18-19-21-47-32-57(105)88-60(40(5)96)71(112)84-39(4)66(107)87-51(29-44-23-24-53(101)50(28-44)86-67(108)48(79)30-45-34-81-37-83-45)68(109)90-59(38(2)3)75(116)95-36-46(100)31-52(95)69(110)91-62(42(7)98)73(114)92-63(43(8)99)76(117)94-27-25-54(102)65(94)74(115)93-64(55(103)33-56(80)104)70(111)82-35-58(106)89-61(41(6)97)72(113)85-49(22-20-26-78)77(118)119-47/h23-24,28,34,37-43,46-49,51-52,54-55,59-65,96-103H,9-22,25-27,29-33,35-36,78-79H2,1-8H3,(H2,80,104)(H,81,83)(H,82,111)(H,84,112)(H,85,113)(H,86,108)(H,87,107)(H,88,105)(H,89,106)(H,90,109)(H,91,110)(H,92,114)(H,93,115)/t39-,40-,41-,42-,43-,46-,47-,48+,49+,51+,52+,54+,55-,59+,60-,61-,62-,63+,64+,65+/m1/s1. The summed E-state index contributed by atoms with van der Waals surface area (Å²) in [6, 6.07) is -17.9. The molecular formula is C77H124N18O24. The number of phenols is 1. The first kappa shape index (κ1) is 99.5. The van der Waals surface area contributed by atoms with Crippen LogP contribution in [-0.4, -0.2) is 297 Å². The van der Waals surface area contributed by atoms with E-state index >= 15 is 9.59 Å². The predicted octanol–water partition coefficient (Wildman–Crippen LogP) is -6.24. The molecule has 14 amide bonds. The minimum Gasteiger partial charge on any atom is -0.506 e. The van der Waals surface area contributed by atoms with Crippen LogP contribution >= 0.6 is 0 Å². The van der Waals surface area contributed by atoms with E-state index in [0.29, 0.717) is 23.4 Å². The van der Waals surface area contributed by atoms with Crippen molar-refractivity contribution in [3.63, 3.8) is 0 Å². The number of hydrogen-bond acceptors (Lipinski definition) is 27. The molecule has 3 aliphatic rings. The van der Waals surface area contributed by atoms with Crippen molar-refractivity contribution in [3.05, 3.63) is 42.0 Å². The number of imidazole rings is 1. The highest BCUT2D eigenvalue weighted by molar-refractivity contribution is 6.01. The minimum absolute atomic E-state index is 0.00998. The minimum atomic E-state index is -2.24. The lowest BCUT2D eigenvalue weighted by molar-refractivity contribution is -0.155. The summed E-state index contributed by atoms with van der Waals surface area (Å²) >= 11 is 0. The lowest BCUT2D eigenvalue weighted by Crippen LogP contribution is -2.64. The number of anilines is 1. The number of nitrogens with zero attached hydrogens (tertiary/aromatic N) is 3. The second-order valence-electron chi connectivity index (χ2n) is 31.2. The quantitative estimate of drug-likeness (QED) is 0.0205. The van der Waals surface area contributed by atoms with Crippen LogP contribution in [0.4, 0.5) is 5.69 Å². The van der Waals surface area contributed by atoms with Gasteiger partial charge in [0.25, 0.3) is 0 Å². The van der Waals surface area contributed by atoms with Crippen LogP contribution < -0.4 is 75.7 Å². The number of aromatic amines is 1. The van der Waals surface area contributed by atoms with Gasteiger partial charge in [0.1, 0.15) is 78.3 Å². The fourth-order valence-electron chi connectivity index (χ4n) is 13.9. The van der Waals surface area contributed by atoms with Crippen LogP contribution in [0.5, 0.6) is 5.75 Å². The zero-order chi connectivity index (χ0) is 88.7. The van der Waals surface area contributed by atoms with Crippen molar-refractivity contribution in [2.24, 2.45) is 23.1 Å². The van der Waals surface area contributed by atoms with E-state index in [-0.39, 0.29) is 49.9 Å². The Hall–Kier alpha value is -10.1. The van der Waals surface area contributed by atoms with Gasteiger partial charge in [-0.1, -0.05) is 91.0 Å². The number of fused-ring (bicyclic) bond motifs is 2. The molecule has 666 valence electrons. The number of aliphatic hydroxyl groups is 7. The molecule has 119 heavy (non-hydrogen) atoms. The molecule has 0 spiro atoms. The van der Waals surface area contributed by atoms with Gasteiger partial charge in [-0.25, -0.2) is 9.78 Å². The van der Waals surface area contributed by atoms with E-state index in [9.17, 15) is 103 Å². The number of benzene rings is 1. The maximum absolute atomic E-state index is 15.0. The third kappa shape index (κ3) is 31.2. The molecule has 20 atom stereocenters. The number of carbonyl (C=O) groups is 15. The molecule has 0 saturated carbocycles. The molecule has 1 aromatic heterocycles. The van der Waals surface area contributed by atoms with Gasteiger partial charge < -0.3 is 136 Å². The maximum atomic E-state index is 15.0. The number of primary amides is 1. The lowest BCUT2D eigenvalue weighted by atomic mass is 9.99. The molecule has 0 unspecified atom stereocenters. The smallest absolute Gasteiger partial charge is 0.328 e. The van der Waals surface area contributed by atoms with Gasteiger partial charge in [-0.2, -0.15) is 0 Å². The average molecular weight is 1690 g/mol. The highest BCUT2D eigenvalue weighted by Gasteiger charge is 2.49. The molecule has 3 saturated heterocycles. The first-order valence-electron chi connectivity index (χ1n) is 40.6. The Morgan fingerprint density at radius 2 is 1.16 bits per heavy atom. The summed E-state index contributed by atoms with van der Waals surface area (Å²) in [6.45, 7) is 8.39. The van der Waals surface area contributed by atoms with Crippen molar-refractivity contribution in [3.8, 4) is 5.75 Å². The molecule has 3 fully saturated rings. The molecular weight excluding hydrogens is 1560 g/mol. The number of phenolic OH excluding ortho intramolecular Hbond substituents is 1. The van der Waals surface area contributed by atoms with Gasteiger partial charge in [-0.05, 0) is 96.9 Å². The third-order valence-corrected chi connectivity index (χ3v) is 20.7. The Labute approximate surface area is 689 Å². The number of aromatic nitrogens is 2. The first-order valence-corrected chi connectivity index (χ1v) is 40.6. The molecule has 42 nitrogen and oxygen atoms in total. The Morgan fingerprint density at radius 1 is 0.613 bits per heavy atom. The van der Waals surface area contributed by atoms with Crippen molar-refractivity contribution in [1.82, 2.24) is 72.9 Å². The second kappa shape index (κ2) is 48.8. The molecule has 26 N–H and O–H groups in total. The number of carbonyl (C=O) groups excluding carboxylic acids is 15. The number of cyclic esters (lactones) is 1. The highest BCUT2D eigenvalue weighted by Crippen LogP contribution is 2.28. The Bertz CT molecular complexity index is 3760. The lowest BCUT2D eigenvalue weighted by Gasteiger charge is -2.34. The van der Waals surface area contributed by atoms with E-state index in [1.807, 2.05) is 0 Å². The Morgan fingerprint density at radius 3 is 1.74 bits per heavy atom. The number of nitrogens with two attached hydrogens (primary N) is 3. The summed E-state index contributed by atoms with van der Waals surface area (Å²) in [7, 11) is 0. The van der Waals surface area contributed by atoms with Crippen molar-refractivity contribution in [2.75, 3.05) is 31.5 Å². The number of ether oxygens (including phenoxy) is 1. The SMILES string of the molecule is CCCCCCCCCCCCC[C@@H]1CC(=O)N[C@H]([C@@H](C)O)C(=O)N[C@H](C)C(=O)N[C@@H](Cc2ccc(O)c(NC(=O)[C@@H](N)Cc3cnc[nH]3)c2)C(=O)N[C@@H](C(C)C)C(=O)N2C[C@H](O)C[C@H]2C(=O)N[C@H]([C@@H](C)O)C(=O)N[C@@H]([C@@H](C)O)C(=O)N2CC[C@H](O)[C@H]2C(=O)N[C@@H]([C@H](O)CC(N)=O)C(=O)NCC(=O)N[C@H]([C@@H](C)O)C(=O)N[C@@H](CCCN)C(=O)O1. The van der Waals surface area contributed by atoms with Gasteiger partial charge in [-0.15, -0.1) is 0 Å². The van der Waals surface area contributed by atoms with Gasteiger partial charge in [-0.3, -0.25) is 67.1 Å². The number of hydrogen-bond donors (Lipinski definition) is 23. The van der Waals surface area contributed by atoms with E-state index in [1.165, 1.54) is 45.4 Å². The van der Waals surface area contributed by atoms with Gasteiger partial charge in [0.15, 0.2) is 0 Å². The average Bonchev–Trinajstić information content (AvgIpc) is 1.64. The van der Waals surface area contributed by atoms with Crippen molar-refractivity contribution < 1.29 is 118 Å². The predicted molar refractivity (Wildman–Crippen MR) is 424 cm³/mol. The fourth-order valence-corrected chi connectivity index (χ4v) is 13.9. The van der Waals surface area contributed by atoms with Crippen LogP contribution in [0.15, 0.2) is 30.7 Å². The largest absolute Gasteiger partial charge is 0.506 e. The summed E-state index contributed by atoms with van der Waals surface area (Å²) in [5, 5.41) is 115. The molecule has 0 aliphatic carbocycles. The van der Waals surface area contributed by atoms with E-state index in [1.54, 1.807) is 0 Å². The summed E-state index contributed by atoms with van der Waals surface area (Å²) < 4.78 is 5.97. The molecule has 0 radical (unpaired) electrons. The summed E-state index contributed by atoms with van der Waals surface area (Å²) in [4.78, 5) is 221.